The van der Waals surface area contributed by atoms with Crippen molar-refractivity contribution in [3.8, 4) is 22.3 Å². The van der Waals surface area contributed by atoms with Crippen LogP contribution in [0.4, 0.5) is 0 Å². The Balaban J connectivity index is 1.28. The van der Waals surface area contributed by atoms with Crippen LogP contribution < -0.4 is 0 Å². The van der Waals surface area contributed by atoms with E-state index in [-0.39, 0.29) is 0 Å². The lowest BCUT2D eigenvalue weighted by molar-refractivity contribution is 0.668. The molecule has 0 saturated carbocycles. The van der Waals surface area contributed by atoms with Crippen molar-refractivity contribution in [2.45, 2.75) is 0 Å². The lowest BCUT2D eigenvalue weighted by Crippen LogP contribution is -1.81. The van der Waals surface area contributed by atoms with E-state index in [9.17, 15) is 0 Å². The van der Waals surface area contributed by atoms with E-state index in [0.717, 1.165) is 33.1 Å². The van der Waals surface area contributed by atoms with E-state index < -0.39 is 0 Å². The predicted octanol–water partition coefficient (Wildman–Crippen LogP) is 11.2. The standard InChI is InChI=1S/C36H20O2S/c1-3-11-29-25(7-1)35-23(9-5-13-31(35)37-29)21-15-17-33-27(19-21)28-20-22(16-18-34(28)39-33)24-10-6-14-32-36(24)26-8-2-4-12-30(26)38-32/h1-20H. The molecule has 3 aromatic heterocycles. The molecule has 0 unspecified atom stereocenters. The third-order valence-corrected chi connectivity index (χ3v) is 9.05. The summed E-state index contributed by atoms with van der Waals surface area (Å²) < 4.78 is 14.9. The molecule has 0 radical (unpaired) electrons. The third kappa shape index (κ3) is 3.02. The van der Waals surface area contributed by atoms with Gasteiger partial charge >= 0.3 is 0 Å². The Hall–Kier alpha value is -4.86. The fourth-order valence-electron chi connectivity index (χ4n) is 6.14. The van der Waals surface area contributed by atoms with Gasteiger partial charge in [0.2, 0.25) is 0 Å². The first-order chi connectivity index (χ1) is 19.3. The number of furan rings is 2. The van der Waals surface area contributed by atoms with Crippen molar-refractivity contribution in [2.75, 3.05) is 0 Å². The minimum absolute atomic E-state index is 0.923. The van der Waals surface area contributed by atoms with E-state index in [4.69, 9.17) is 8.83 Å². The van der Waals surface area contributed by atoms with Crippen LogP contribution in [-0.2, 0) is 0 Å². The number of para-hydroxylation sites is 2. The smallest absolute Gasteiger partial charge is 0.136 e. The Labute approximate surface area is 227 Å². The summed E-state index contributed by atoms with van der Waals surface area (Å²) in [6, 6.07) is 43.0. The van der Waals surface area contributed by atoms with Crippen LogP contribution in [0.25, 0.3) is 86.3 Å². The lowest BCUT2D eigenvalue weighted by atomic mass is 9.96. The van der Waals surface area contributed by atoms with E-state index in [0.29, 0.717) is 0 Å². The van der Waals surface area contributed by atoms with Crippen molar-refractivity contribution in [1.82, 2.24) is 0 Å². The zero-order chi connectivity index (χ0) is 25.5. The highest BCUT2D eigenvalue weighted by atomic mass is 32.1. The normalized spacial score (nSPS) is 12.1. The molecule has 0 aliphatic heterocycles. The van der Waals surface area contributed by atoms with Crippen molar-refractivity contribution < 1.29 is 8.83 Å². The zero-order valence-electron chi connectivity index (χ0n) is 20.8. The first-order valence-corrected chi connectivity index (χ1v) is 13.9. The Kier molecular flexibility index (Phi) is 4.24. The number of hydrogen-bond acceptors (Lipinski definition) is 3. The summed E-state index contributed by atoms with van der Waals surface area (Å²) >= 11 is 1.85. The first kappa shape index (κ1) is 21.1. The Bertz CT molecular complexity index is 2230. The van der Waals surface area contributed by atoms with Gasteiger partial charge in [0, 0.05) is 41.7 Å². The van der Waals surface area contributed by atoms with Gasteiger partial charge in [0.05, 0.1) is 0 Å². The Morgan fingerprint density at radius 1 is 0.385 bits per heavy atom. The number of rotatable bonds is 2. The largest absolute Gasteiger partial charge is 0.456 e. The predicted molar refractivity (Wildman–Crippen MR) is 165 cm³/mol. The SMILES string of the molecule is c1ccc2c(c1)oc1cccc(-c3ccc4sc5ccc(-c6cccc7oc8ccccc8c67)cc5c4c3)c12. The van der Waals surface area contributed by atoms with E-state index in [2.05, 4.69) is 97.1 Å². The molecule has 3 heteroatoms. The van der Waals surface area contributed by atoms with Crippen molar-refractivity contribution >= 4 is 75.4 Å². The van der Waals surface area contributed by atoms with Crippen molar-refractivity contribution in [2.24, 2.45) is 0 Å². The Morgan fingerprint density at radius 3 is 1.36 bits per heavy atom. The van der Waals surface area contributed by atoms with Crippen molar-refractivity contribution in [1.29, 1.82) is 0 Å². The summed E-state index contributed by atoms with van der Waals surface area (Å²) in [5.74, 6) is 0. The molecule has 2 nitrogen and oxygen atoms in total. The second-order valence-corrected chi connectivity index (χ2v) is 11.2. The average Bonchev–Trinajstić information content (AvgIpc) is 3.67. The zero-order valence-corrected chi connectivity index (χ0v) is 21.6. The fourth-order valence-corrected chi connectivity index (χ4v) is 7.21. The molecule has 3 heterocycles. The minimum atomic E-state index is 0.923. The van der Waals surface area contributed by atoms with E-state index in [1.54, 1.807) is 0 Å². The van der Waals surface area contributed by atoms with E-state index in [1.807, 2.05) is 35.6 Å². The molecule has 0 N–H and O–H groups in total. The summed E-state index contributed by atoms with van der Waals surface area (Å²) in [7, 11) is 0. The van der Waals surface area contributed by atoms with Crippen molar-refractivity contribution in [3.05, 3.63) is 121 Å². The number of thiophene rings is 1. The number of fused-ring (bicyclic) bond motifs is 9. The second-order valence-electron chi connectivity index (χ2n) is 10.1. The minimum Gasteiger partial charge on any atom is -0.456 e. The molecule has 0 atom stereocenters. The van der Waals surface area contributed by atoms with Gasteiger partial charge in [0.25, 0.3) is 0 Å². The first-order valence-electron chi connectivity index (χ1n) is 13.1. The monoisotopic (exact) mass is 516 g/mol. The van der Waals surface area contributed by atoms with Gasteiger partial charge in [-0.25, -0.2) is 0 Å². The molecule has 0 aliphatic carbocycles. The topological polar surface area (TPSA) is 26.3 Å². The van der Waals surface area contributed by atoms with Gasteiger partial charge in [-0.3, -0.25) is 0 Å². The van der Waals surface area contributed by atoms with Crippen molar-refractivity contribution in [3.63, 3.8) is 0 Å². The fraction of sp³-hybridized carbons (Fsp3) is 0. The van der Waals surface area contributed by atoms with Crippen LogP contribution in [0.5, 0.6) is 0 Å². The molecular weight excluding hydrogens is 496 g/mol. The van der Waals surface area contributed by atoms with Crippen LogP contribution in [0.3, 0.4) is 0 Å². The number of hydrogen-bond donors (Lipinski definition) is 0. The Morgan fingerprint density at radius 2 is 0.846 bits per heavy atom. The van der Waals surface area contributed by atoms with Gasteiger partial charge in [0.15, 0.2) is 0 Å². The van der Waals surface area contributed by atoms with Gasteiger partial charge in [-0.05, 0) is 70.8 Å². The molecule has 0 spiro atoms. The summed E-state index contributed by atoms with van der Waals surface area (Å²) in [5, 5.41) is 7.21. The molecule has 39 heavy (non-hydrogen) atoms. The molecule has 0 fully saturated rings. The highest BCUT2D eigenvalue weighted by Gasteiger charge is 2.16. The second kappa shape index (κ2) is 7.83. The van der Waals surface area contributed by atoms with Gasteiger partial charge in [-0.1, -0.05) is 72.8 Å². The number of benzene rings is 6. The molecule has 9 aromatic rings. The highest BCUT2D eigenvalue weighted by Crippen LogP contribution is 2.43. The van der Waals surface area contributed by atoms with Crippen LogP contribution in [-0.4, -0.2) is 0 Å². The summed E-state index contributed by atoms with van der Waals surface area (Å²) in [4.78, 5) is 0. The van der Waals surface area contributed by atoms with Crippen LogP contribution in [0.2, 0.25) is 0 Å². The summed E-state index contributed by atoms with van der Waals surface area (Å²) in [5.41, 5.74) is 8.49. The van der Waals surface area contributed by atoms with Crippen LogP contribution >= 0.6 is 11.3 Å². The van der Waals surface area contributed by atoms with Crippen LogP contribution in [0.1, 0.15) is 0 Å². The quantitative estimate of drug-likeness (QED) is 0.228. The summed E-state index contributed by atoms with van der Waals surface area (Å²) in [6.07, 6.45) is 0. The third-order valence-electron chi connectivity index (χ3n) is 7.90. The average molecular weight is 517 g/mol. The van der Waals surface area contributed by atoms with E-state index >= 15 is 0 Å². The molecule has 0 aliphatic rings. The van der Waals surface area contributed by atoms with Gasteiger partial charge in [-0.15, -0.1) is 11.3 Å². The molecule has 0 bridgehead atoms. The maximum absolute atomic E-state index is 6.18. The molecule has 6 aromatic carbocycles. The molecule has 0 amide bonds. The highest BCUT2D eigenvalue weighted by molar-refractivity contribution is 7.25. The lowest BCUT2D eigenvalue weighted by Gasteiger charge is -2.06. The molecular formula is C36H20O2S. The maximum Gasteiger partial charge on any atom is 0.136 e. The summed E-state index contributed by atoms with van der Waals surface area (Å²) in [6.45, 7) is 0. The van der Waals surface area contributed by atoms with Crippen LogP contribution in [0, 0.1) is 0 Å². The van der Waals surface area contributed by atoms with Gasteiger partial charge in [0.1, 0.15) is 22.3 Å². The maximum atomic E-state index is 6.18. The molecule has 182 valence electrons. The van der Waals surface area contributed by atoms with E-state index in [1.165, 1.54) is 53.2 Å². The molecule has 0 saturated heterocycles. The van der Waals surface area contributed by atoms with Crippen LogP contribution in [0.15, 0.2) is 130 Å². The van der Waals surface area contributed by atoms with Gasteiger partial charge in [-0.2, -0.15) is 0 Å². The molecule has 9 rings (SSSR count). The van der Waals surface area contributed by atoms with Gasteiger partial charge < -0.3 is 8.83 Å².